The van der Waals surface area contributed by atoms with Gasteiger partial charge in [-0.1, -0.05) is 30.7 Å². The number of hydrogen-bond donors (Lipinski definition) is 3. The molecule has 1 aliphatic carbocycles. The molecule has 1 aromatic heterocycles. The smallest absolute Gasteiger partial charge is 0.226 e. The minimum absolute atomic E-state index is 0.0415. The molecule has 1 aliphatic rings. The lowest BCUT2D eigenvalue weighted by Gasteiger charge is -2.24. The molecule has 0 bridgehead atoms. The van der Waals surface area contributed by atoms with Gasteiger partial charge < -0.3 is 21.1 Å². The Morgan fingerprint density at radius 2 is 1.85 bits per heavy atom. The molecule has 0 radical (unpaired) electrons. The molecule has 3 atom stereocenters. The minimum Gasteiger partial charge on any atom is -0.387 e. The zero-order chi connectivity index (χ0) is 24.8. The van der Waals surface area contributed by atoms with E-state index in [2.05, 4.69) is 41.0 Å². The fourth-order valence-electron chi connectivity index (χ4n) is 3.96. The third-order valence-corrected chi connectivity index (χ3v) is 6.05. The standard InChI is InChI=1S/C13H19ClN2O.C12H19N3O/c1-13(2,3)16-8-11(12(15)17)9-4-6-10(14)7-5-9;1-4-15(5-2)12-10-8(3)6-9(16)11(10)13-7-14-12/h4-7,11,16H,8H2,1-3H3,(H2,15,17);7-9,16H,4-6H2,1-3H3/t;8-,9-/m.1/s1. The van der Waals surface area contributed by atoms with E-state index in [0.29, 0.717) is 17.5 Å². The van der Waals surface area contributed by atoms with E-state index in [4.69, 9.17) is 17.3 Å². The Kier molecular flexibility index (Phi) is 9.64. The van der Waals surface area contributed by atoms with E-state index >= 15 is 0 Å². The molecule has 4 N–H and O–H groups in total. The van der Waals surface area contributed by atoms with E-state index in [0.717, 1.165) is 42.1 Å². The highest BCUT2D eigenvalue weighted by atomic mass is 35.5. The van der Waals surface area contributed by atoms with E-state index in [1.165, 1.54) is 0 Å². The van der Waals surface area contributed by atoms with Crippen molar-refractivity contribution in [3.63, 3.8) is 0 Å². The number of anilines is 1. The summed E-state index contributed by atoms with van der Waals surface area (Å²) in [6, 6.07) is 7.21. The molecular formula is C25H38ClN5O2. The van der Waals surface area contributed by atoms with Crippen LogP contribution in [0.1, 0.15) is 82.7 Å². The molecule has 0 saturated carbocycles. The predicted molar refractivity (Wildman–Crippen MR) is 135 cm³/mol. The zero-order valence-corrected chi connectivity index (χ0v) is 21.4. The highest BCUT2D eigenvalue weighted by Gasteiger charge is 2.32. The molecule has 8 heteroatoms. The Labute approximate surface area is 202 Å². The molecule has 0 spiro atoms. The summed E-state index contributed by atoms with van der Waals surface area (Å²) in [6.45, 7) is 14.9. The fraction of sp³-hybridized carbons (Fsp3) is 0.560. The van der Waals surface area contributed by atoms with Crippen LogP contribution in [0.5, 0.6) is 0 Å². The first kappa shape index (κ1) is 27.0. The Bertz CT molecular complexity index is 910. The van der Waals surface area contributed by atoms with Gasteiger partial charge in [-0.05, 0) is 64.7 Å². The lowest BCUT2D eigenvalue weighted by atomic mass is 9.97. The maximum absolute atomic E-state index is 11.5. The van der Waals surface area contributed by atoms with Crippen LogP contribution in [0, 0.1) is 0 Å². The molecule has 0 fully saturated rings. The summed E-state index contributed by atoms with van der Waals surface area (Å²) >= 11 is 5.81. The van der Waals surface area contributed by atoms with Crippen LogP contribution in [-0.4, -0.2) is 46.2 Å². The molecule has 1 heterocycles. The monoisotopic (exact) mass is 475 g/mol. The molecule has 7 nitrogen and oxygen atoms in total. The van der Waals surface area contributed by atoms with Gasteiger partial charge in [-0.2, -0.15) is 0 Å². The number of primary amides is 1. The molecule has 0 aliphatic heterocycles. The zero-order valence-electron chi connectivity index (χ0n) is 20.6. The average molecular weight is 476 g/mol. The number of aliphatic hydroxyl groups is 1. The van der Waals surface area contributed by atoms with Gasteiger partial charge in [0.25, 0.3) is 0 Å². The van der Waals surface area contributed by atoms with Crippen LogP contribution in [0.4, 0.5) is 5.82 Å². The molecule has 1 amide bonds. The number of hydrogen-bond acceptors (Lipinski definition) is 6. The summed E-state index contributed by atoms with van der Waals surface area (Å²) in [5, 5.41) is 13.8. The van der Waals surface area contributed by atoms with Crippen LogP contribution < -0.4 is 16.0 Å². The normalized spacial score (nSPS) is 18.2. The van der Waals surface area contributed by atoms with Gasteiger partial charge in [-0.3, -0.25) is 4.79 Å². The van der Waals surface area contributed by atoms with Gasteiger partial charge in [0.05, 0.1) is 17.7 Å². The van der Waals surface area contributed by atoms with Gasteiger partial charge in [0.2, 0.25) is 5.91 Å². The van der Waals surface area contributed by atoms with E-state index in [1.807, 2.05) is 32.9 Å². The second-order valence-corrected chi connectivity index (χ2v) is 9.89. The molecule has 1 unspecified atom stereocenters. The van der Waals surface area contributed by atoms with Gasteiger partial charge >= 0.3 is 0 Å². The molecule has 182 valence electrons. The fourth-order valence-corrected chi connectivity index (χ4v) is 4.09. The molecule has 33 heavy (non-hydrogen) atoms. The maximum Gasteiger partial charge on any atom is 0.226 e. The van der Waals surface area contributed by atoms with Gasteiger partial charge in [0.1, 0.15) is 12.1 Å². The third kappa shape index (κ3) is 7.39. The van der Waals surface area contributed by atoms with Crippen molar-refractivity contribution in [3.05, 3.63) is 52.4 Å². The number of benzene rings is 1. The summed E-state index contributed by atoms with van der Waals surface area (Å²) in [7, 11) is 0. The third-order valence-electron chi connectivity index (χ3n) is 5.79. The van der Waals surface area contributed by atoms with Crippen LogP contribution in [0.2, 0.25) is 5.02 Å². The van der Waals surface area contributed by atoms with Crippen molar-refractivity contribution in [1.82, 2.24) is 15.3 Å². The first-order valence-corrected chi connectivity index (χ1v) is 11.9. The number of rotatable bonds is 7. The predicted octanol–water partition coefficient (Wildman–Crippen LogP) is 4.16. The Balaban J connectivity index is 0.000000234. The van der Waals surface area contributed by atoms with Crippen molar-refractivity contribution in [2.45, 2.75) is 71.4 Å². The molecule has 2 aromatic rings. The van der Waals surface area contributed by atoms with Crippen molar-refractivity contribution in [3.8, 4) is 0 Å². The molecule has 1 aromatic carbocycles. The van der Waals surface area contributed by atoms with Crippen LogP contribution in [-0.2, 0) is 4.79 Å². The lowest BCUT2D eigenvalue weighted by Crippen LogP contribution is -2.41. The van der Waals surface area contributed by atoms with Gasteiger partial charge in [0.15, 0.2) is 0 Å². The number of carbonyl (C=O) groups is 1. The van der Waals surface area contributed by atoms with Crippen molar-refractivity contribution < 1.29 is 9.90 Å². The van der Waals surface area contributed by atoms with Gasteiger partial charge in [-0.25, -0.2) is 9.97 Å². The number of aromatic nitrogens is 2. The number of nitrogens with one attached hydrogen (secondary N) is 1. The second-order valence-electron chi connectivity index (χ2n) is 9.46. The number of carbonyl (C=O) groups excluding carboxylic acids is 1. The number of aliphatic hydroxyl groups excluding tert-OH is 1. The first-order chi connectivity index (χ1) is 15.5. The summed E-state index contributed by atoms with van der Waals surface area (Å²) in [6.07, 6.45) is 1.91. The topological polar surface area (TPSA) is 104 Å². The van der Waals surface area contributed by atoms with E-state index in [9.17, 15) is 9.90 Å². The number of halogens is 1. The van der Waals surface area contributed by atoms with Crippen molar-refractivity contribution in [1.29, 1.82) is 0 Å². The van der Waals surface area contributed by atoms with E-state index < -0.39 is 6.10 Å². The molecule has 0 saturated heterocycles. The van der Waals surface area contributed by atoms with E-state index in [1.54, 1.807) is 18.5 Å². The minimum atomic E-state index is -0.415. The van der Waals surface area contributed by atoms with Gasteiger partial charge in [0, 0.05) is 35.8 Å². The highest BCUT2D eigenvalue weighted by Crippen LogP contribution is 2.42. The van der Waals surface area contributed by atoms with Crippen molar-refractivity contribution >= 4 is 23.3 Å². The van der Waals surface area contributed by atoms with Crippen LogP contribution in [0.15, 0.2) is 30.6 Å². The number of amides is 1. The molecular weight excluding hydrogens is 438 g/mol. The Morgan fingerprint density at radius 3 is 2.36 bits per heavy atom. The first-order valence-electron chi connectivity index (χ1n) is 11.6. The summed E-state index contributed by atoms with van der Waals surface area (Å²) in [5.41, 5.74) is 8.23. The summed E-state index contributed by atoms with van der Waals surface area (Å²) < 4.78 is 0. The Hall–Kier alpha value is -2.22. The van der Waals surface area contributed by atoms with Crippen molar-refractivity contribution in [2.75, 3.05) is 24.5 Å². The van der Waals surface area contributed by atoms with Crippen LogP contribution >= 0.6 is 11.6 Å². The van der Waals surface area contributed by atoms with E-state index in [-0.39, 0.29) is 17.4 Å². The second kappa shape index (κ2) is 11.8. The van der Waals surface area contributed by atoms with Crippen LogP contribution in [0.3, 0.4) is 0 Å². The van der Waals surface area contributed by atoms with Crippen LogP contribution in [0.25, 0.3) is 0 Å². The lowest BCUT2D eigenvalue weighted by molar-refractivity contribution is -0.119. The summed E-state index contributed by atoms with van der Waals surface area (Å²) in [4.78, 5) is 22.3. The average Bonchev–Trinajstić information content (AvgIpc) is 3.04. The SMILES string of the molecule is CC(C)(C)NCC(C(N)=O)c1ccc(Cl)cc1.CCN(CC)c1ncnc2c1[C@H](C)C[C@H]2O. The Morgan fingerprint density at radius 1 is 1.24 bits per heavy atom. The van der Waals surface area contributed by atoms with Gasteiger partial charge in [-0.15, -0.1) is 0 Å². The largest absolute Gasteiger partial charge is 0.387 e. The highest BCUT2D eigenvalue weighted by molar-refractivity contribution is 6.30. The number of nitrogens with zero attached hydrogens (tertiary/aromatic N) is 3. The number of nitrogens with two attached hydrogens (primary N) is 1. The molecule has 3 rings (SSSR count). The quantitative estimate of drug-likeness (QED) is 0.555. The number of fused-ring (bicyclic) bond motifs is 1. The summed E-state index contributed by atoms with van der Waals surface area (Å²) in [5.74, 6) is 0.691. The van der Waals surface area contributed by atoms with Crippen molar-refractivity contribution in [2.24, 2.45) is 5.73 Å². The maximum atomic E-state index is 11.5.